The third-order valence-corrected chi connectivity index (χ3v) is 4.38. The Bertz CT molecular complexity index is 815. The van der Waals surface area contributed by atoms with Gasteiger partial charge in [-0.2, -0.15) is 12.5 Å². The third-order valence-electron chi connectivity index (χ3n) is 2.74. The van der Waals surface area contributed by atoms with Gasteiger partial charge in [-0.05, 0) is 26.0 Å². The van der Waals surface area contributed by atoms with Crippen LogP contribution in [0.25, 0.3) is 0 Å². The van der Waals surface area contributed by atoms with Gasteiger partial charge in [0.25, 0.3) is 15.6 Å². The molecule has 1 heterocycles. The van der Waals surface area contributed by atoms with Crippen LogP contribution in [0.5, 0.6) is 0 Å². The summed E-state index contributed by atoms with van der Waals surface area (Å²) in [6.07, 6.45) is 0. The lowest BCUT2D eigenvalue weighted by atomic mass is 10.2. The summed E-state index contributed by atoms with van der Waals surface area (Å²) in [6, 6.07) is 6.94. The Morgan fingerprint density at radius 1 is 1.29 bits per heavy atom. The third kappa shape index (κ3) is 2.89. The Balaban J connectivity index is 2.57. The van der Waals surface area contributed by atoms with Gasteiger partial charge in [-0.25, -0.2) is 9.89 Å². The van der Waals surface area contributed by atoms with Crippen LogP contribution < -0.4 is 5.56 Å². The summed E-state index contributed by atoms with van der Waals surface area (Å²) in [5.74, 6) is -0.883. The molecule has 0 unspecified atom stereocenters. The highest BCUT2D eigenvalue weighted by atomic mass is 32.2. The Kier molecular flexibility index (Phi) is 3.99. The fraction of sp³-hybridized carbons (Fsp3) is 0.231. The number of rotatable bonds is 4. The van der Waals surface area contributed by atoms with E-state index < -0.39 is 21.6 Å². The number of H-pyrrole nitrogens is 1. The smallest absolute Gasteiger partial charge is 0.357 e. The number of esters is 1. The minimum absolute atomic E-state index is 0.0366. The normalized spacial score (nSPS) is 11.3. The van der Waals surface area contributed by atoms with Gasteiger partial charge in [0.05, 0.1) is 11.5 Å². The lowest BCUT2D eigenvalue weighted by Crippen LogP contribution is -2.21. The average molecular weight is 310 g/mol. The predicted molar refractivity (Wildman–Crippen MR) is 74.8 cm³/mol. The summed E-state index contributed by atoms with van der Waals surface area (Å²) >= 11 is 0. The molecule has 8 heteroatoms. The molecule has 0 atom stereocenters. The van der Waals surface area contributed by atoms with Gasteiger partial charge in [0.2, 0.25) is 0 Å². The van der Waals surface area contributed by atoms with Gasteiger partial charge < -0.3 is 4.74 Å². The molecule has 21 heavy (non-hydrogen) atoms. The molecule has 2 rings (SSSR count). The van der Waals surface area contributed by atoms with Crippen LogP contribution in [-0.2, 0) is 14.8 Å². The van der Waals surface area contributed by atoms with Crippen molar-refractivity contribution in [2.45, 2.75) is 18.7 Å². The number of benzene rings is 1. The lowest BCUT2D eigenvalue weighted by Gasteiger charge is -2.09. The molecule has 1 aromatic carbocycles. The van der Waals surface area contributed by atoms with Crippen LogP contribution in [0.3, 0.4) is 0 Å². The molecular formula is C13H14N2O5S. The van der Waals surface area contributed by atoms with Crippen LogP contribution >= 0.6 is 0 Å². The van der Waals surface area contributed by atoms with E-state index in [1.165, 1.54) is 12.1 Å². The number of nitrogens with one attached hydrogen (secondary N) is 1. The number of aromatic nitrogens is 2. The van der Waals surface area contributed by atoms with Crippen LogP contribution in [0, 0.1) is 6.92 Å². The maximum atomic E-state index is 12.5. The number of hydrogen-bond donors (Lipinski definition) is 1. The van der Waals surface area contributed by atoms with Crippen molar-refractivity contribution in [1.29, 1.82) is 0 Å². The van der Waals surface area contributed by atoms with Gasteiger partial charge in [-0.1, -0.05) is 17.7 Å². The number of nitrogens with zero attached hydrogens (tertiary/aromatic N) is 1. The highest BCUT2D eigenvalue weighted by molar-refractivity contribution is 7.89. The predicted octanol–water partition coefficient (Wildman–Crippen LogP) is 0.899. The van der Waals surface area contributed by atoms with Crippen molar-refractivity contribution in [1.82, 2.24) is 9.19 Å². The maximum Gasteiger partial charge on any atom is 0.357 e. The molecule has 0 aliphatic carbocycles. The number of aryl methyl sites for hydroxylation is 1. The van der Waals surface area contributed by atoms with E-state index in [9.17, 15) is 18.0 Å². The van der Waals surface area contributed by atoms with Crippen molar-refractivity contribution in [2.24, 2.45) is 0 Å². The van der Waals surface area contributed by atoms with Crippen molar-refractivity contribution >= 4 is 16.0 Å². The summed E-state index contributed by atoms with van der Waals surface area (Å²) < 4.78 is 30.2. The highest BCUT2D eigenvalue weighted by Crippen LogP contribution is 2.15. The van der Waals surface area contributed by atoms with E-state index in [1.54, 1.807) is 19.1 Å². The van der Waals surface area contributed by atoms with E-state index >= 15 is 0 Å². The van der Waals surface area contributed by atoms with E-state index in [4.69, 9.17) is 4.74 Å². The van der Waals surface area contributed by atoms with Crippen molar-refractivity contribution in [2.75, 3.05) is 6.61 Å². The molecule has 0 spiro atoms. The molecule has 0 radical (unpaired) electrons. The Morgan fingerprint density at radius 3 is 2.48 bits per heavy atom. The zero-order valence-electron chi connectivity index (χ0n) is 11.5. The number of ether oxygens (including phenoxy) is 1. The highest BCUT2D eigenvalue weighted by Gasteiger charge is 2.25. The second-order valence-corrected chi connectivity index (χ2v) is 6.10. The van der Waals surface area contributed by atoms with E-state index in [-0.39, 0.29) is 17.2 Å². The maximum absolute atomic E-state index is 12.5. The minimum Gasteiger partial charge on any atom is -0.461 e. The molecule has 0 bridgehead atoms. The quantitative estimate of drug-likeness (QED) is 0.846. The van der Waals surface area contributed by atoms with Crippen molar-refractivity contribution in [3.63, 3.8) is 0 Å². The largest absolute Gasteiger partial charge is 0.461 e. The lowest BCUT2D eigenvalue weighted by molar-refractivity contribution is 0.0517. The number of carbonyl (C=O) groups excluding carboxylic acids is 1. The van der Waals surface area contributed by atoms with Gasteiger partial charge in [-0.15, -0.1) is 0 Å². The summed E-state index contributed by atoms with van der Waals surface area (Å²) in [5.41, 5.74) is -0.170. The Morgan fingerprint density at radius 2 is 1.90 bits per heavy atom. The van der Waals surface area contributed by atoms with Crippen molar-refractivity contribution in [3.05, 3.63) is 51.9 Å². The fourth-order valence-electron chi connectivity index (χ4n) is 1.73. The second kappa shape index (κ2) is 5.57. The zero-order valence-corrected chi connectivity index (χ0v) is 12.3. The monoisotopic (exact) mass is 310 g/mol. The van der Waals surface area contributed by atoms with Crippen LogP contribution in [0.2, 0.25) is 0 Å². The number of hydrogen-bond acceptors (Lipinski definition) is 5. The number of carbonyl (C=O) groups is 1. The molecule has 1 N–H and O–H groups in total. The molecule has 7 nitrogen and oxygen atoms in total. The van der Waals surface area contributed by atoms with Gasteiger partial charge in [0.15, 0.2) is 5.69 Å². The first-order valence-electron chi connectivity index (χ1n) is 6.17. The Hall–Kier alpha value is -2.35. The molecule has 0 aliphatic rings. The summed E-state index contributed by atoms with van der Waals surface area (Å²) in [4.78, 5) is 23.1. The van der Waals surface area contributed by atoms with E-state index in [0.717, 1.165) is 11.6 Å². The van der Waals surface area contributed by atoms with Crippen molar-refractivity contribution in [3.8, 4) is 0 Å². The molecular weight excluding hydrogens is 296 g/mol. The van der Waals surface area contributed by atoms with Crippen LogP contribution in [-0.4, -0.2) is 30.2 Å². The van der Waals surface area contributed by atoms with Gasteiger partial charge in [0, 0.05) is 6.07 Å². The molecule has 0 aliphatic heterocycles. The molecule has 0 saturated carbocycles. The summed E-state index contributed by atoms with van der Waals surface area (Å²) in [7, 11) is -4.07. The molecule has 0 amide bonds. The van der Waals surface area contributed by atoms with Gasteiger partial charge in [0.1, 0.15) is 0 Å². The first-order valence-corrected chi connectivity index (χ1v) is 7.61. The van der Waals surface area contributed by atoms with Crippen LogP contribution in [0.15, 0.2) is 40.0 Å². The first-order chi connectivity index (χ1) is 9.86. The van der Waals surface area contributed by atoms with Crippen molar-refractivity contribution < 1.29 is 17.9 Å². The second-order valence-electron chi connectivity index (χ2n) is 4.31. The molecule has 112 valence electrons. The van der Waals surface area contributed by atoms with Gasteiger partial charge >= 0.3 is 5.97 Å². The summed E-state index contributed by atoms with van der Waals surface area (Å²) in [6.45, 7) is 3.47. The van der Waals surface area contributed by atoms with E-state index in [2.05, 4.69) is 5.10 Å². The average Bonchev–Trinajstić information content (AvgIpc) is 2.82. The van der Waals surface area contributed by atoms with Crippen LogP contribution in [0.4, 0.5) is 0 Å². The molecule has 2 aromatic rings. The first kappa shape index (κ1) is 15.0. The molecule has 0 saturated heterocycles. The van der Waals surface area contributed by atoms with E-state index in [1.807, 2.05) is 6.92 Å². The van der Waals surface area contributed by atoms with Crippen LogP contribution in [0.1, 0.15) is 23.0 Å². The standard InChI is InChI=1S/C13H14N2O5S/c1-3-20-13(17)11-8-12(16)14-15(11)21(18,19)10-6-4-9(2)5-7-10/h4-8H,3H2,1-2H3,(H,14,16). The zero-order chi connectivity index (χ0) is 15.6. The van der Waals surface area contributed by atoms with Gasteiger partial charge in [-0.3, -0.25) is 4.79 Å². The SMILES string of the molecule is CCOC(=O)c1cc(=O)[nH]n1S(=O)(=O)c1ccc(C)cc1. The topological polar surface area (TPSA) is 98.2 Å². The summed E-state index contributed by atoms with van der Waals surface area (Å²) in [5, 5.41) is 2.11. The molecule has 1 aromatic heterocycles. The fourth-order valence-corrected chi connectivity index (χ4v) is 3.01. The Labute approximate surface area is 121 Å². The van der Waals surface area contributed by atoms with E-state index in [0.29, 0.717) is 4.09 Å². The minimum atomic E-state index is -4.07. The number of aromatic amines is 1. The molecule has 0 fully saturated rings.